The molecule has 1 amide bonds. The molecule has 3 aromatic carbocycles. The van der Waals surface area contributed by atoms with E-state index in [1.807, 2.05) is 42.5 Å². The lowest BCUT2D eigenvalue weighted by molar-refractivity contribution is -0.122. The van der Waals surface area contributed by atoms with Crippen LogP contribution in [0.4, 0.5) is 0 Å². The first-order valence-electron chi connectivity index (χ1n) is 19.4. The number of likely N-dealkylation sites (tertiary alicyclic amines) is 2. The normalized spacial score (nSPS) is 21.6. The van der Waals surface area contributed by atoms with Crippen LogP contribution in [0, 0.1) is 17.2 Å². The van der Waals surface area contributed by atoms with E-state index in [0.29, 0.717) is 118 Å². The van der Waals surface area contributed by atoms with Crippen molar-refractivity contribution in [1.82, 2.24) is 29.5 Å². The second-order valence-electron chi connectivity index (χ2n) is 16.0. The Morgan fingerprint density at radius 3 is 2.47 bits per heavy atom. The predicted molar refractivity (Wildman–Crippen MR) is 219 cm³/mol. The summed E-state index contributed by atoms with van der Waals surface area (Å²) in [5.41, 5.74) is 6.86. The SMILES string of the molecule is COc1nc(-c2cccc(-c3cccc(-c4nc5cc6c(c(C#N)c5o4)CC[C@H]6N4CC[C@@H](C(=O)NS(=O)(=O)C5(C)CC5)C4)c3Cl)c2Cl)cnc1CN1CC[C@@H](O)C1. The number of aromatic nitrogens is 3. The molecule has 1 saturated carbocycles. The van der Waals surface area contributed by atoms with E-state index < -0.39 is 26.6 Å². The Morgan fingerprint density at radius 1 is 1.05 bits per heavy atom. The Bertz CT molecular complexity index is 2640. The van der Waals surface area contributed by atoms with Gasteiger partial charge < -0.3 is 14.3 Å². The highest BCUT2D eigenvalue weighted by Crippen LogP contribution is 2.46. The average Bonchev–Trinajstić information content (AvgIpc) is 3.67. The van der Waals surface area contributed by atoms with Crippen molar-refractivity contribution in [2.45, 2.75) is 68.9 Å². The van der Waals surface area contributed by atoms with Crippen LogP contribution in [0.3, 0.4) is 0 Å². The Kier molecular flexibility index (Phi) is 9.98. The molecule has 13 nitrogen and oxygen atoms in total. The number of β-amino-alcohol motifs (C(OH)–C–C–N with tert-alkyl or cyclic N) is 1. The number of hydrogen-bond acceptors (Lipinski definition) is 12. The molecular weight excluding hydrogens is 801 g/mol. The number of carbonyl (C=O) groups excluding carboxylic acids is 1. The fourth-order valence-electron chi connectivity index (χ4n) is 8.62. The lowest BCUT2D eigenvalue weighted by atomic mass is 9.99. The van der Waals surface area contributed by atoms with Gasteiger partial charge in [0.25, 0.3) is 0 Å². The number of methoxy groups -OCH3 is 1. The number of aliphatic hydroxyl groups is 1. The van der Waals surface area contributed by atoms with Gasteiger partial charge in [-0.15, -0.1) is 0 Å². The van der Waals surface area contributed by atoms with Crippen LogP contribution in [0.2, 0.25) is 10.0 Å². The van der Waals surface area contributed by atoms with Gasteiger partial charge in [-0.3, -0.25) is 24.3 Å². The van der Waals surface area contributed by atoms with Crippen molar-refractivity contribution in [3.05, 3.63) is 81.1 Å². The molecule has 2 aromatic heterocycles. The number of ether oxygens (including phenoxy) is 1. The van der Waals surface area contributed by atoms with Crippen LogP contribution in [0.15, 0.2) is 53.1 Å². The molecule has 5 aromatic rings. The maximum atomic E-state index is 13.1. The van der Waals surface area contributed by atoms with Crippen LogP contribution in [0.5, 0.6) is 5.88 Å². The molecule has 2 aliphatic heterocycles. The van der Waals surface area contributed by atoms with Gasteiger partial charge in [0.2, 0.25) is 27.7 Å². The molecule has 2 saturated heterocycles. The second-order valence-corrected chi connectivity index (χ2v) is 18.9. The maximum absolute atomic E-state index is 13.1. The number of carbonyl (C=O) groups is 1. The first-order chi connectivity index (χ1) is 27.9. The minimum Gasteiger partial charge on any atom is -0.480 e. The molecule has 3 atom stereocenters. The van der Waals surface area contributed by atoms with Gasteiger partial charge in [0.1, 0.15) is 22.8 Å². The number of halogens is 2. The third kappa shape index (κ3) is 6.81. The largest absolute Gasteiger partial charge is 0.480 e. The minimum atomic E-state index is -3.71. The van der Waals surface area contributed by atoms with Crippen molar-refractivity contribution < 1.29 is 27.5 Å². The monoisotopic (exact) mass is 841 g/mol. The molecule has 2 aliphatic carbocycles. The quantitative estimate of drug-likeness (QED) is 0.153. The van der Waals surface area contributed by atoms with E-state index in [-0.39, 0.29) is 18.0 Å². The van der Waals surface area contributed by atoms with Crippen LogP contribution in [0.1, 0.15) is 67.5 Å². The van der Waals surface area contributed by atoms with E-state index in [1.54, 1.807) is 20.2 Å². The number of nitrogens with one attached hydrogen (secondary N) is 1. The van der Waals surface area contributed by atoms with E-state index in [2.05, 4.69) is 25.6 Å². The highest BCUT2D eigenvalue weighted by atomic mass is 35.5. The number of aliphatic hydroxyl groups excluding tert-OH is 1. The number of rotatable bonds is 10. The third-order valence-corrected chi connectivity index (χ3v) is 15.2. The summed E-state index contributed by atoms with van der Waals surface area (Å²) < 4.78 is 38.9. The van der Waals surface area contributed by atoms with Crippen molar-refractivity contribution in [3.63, 3.8) is 0 Å². The van der Waals surface area contributed by atoms with Gasteiger partial charge in [0.15, 0.2) is 5.58 Å². The number of fused-ring (bicyclic) bond motifs is 2. The van der Waals surface area contributed by atoms with Crippen molar-refractivity contribution in [1.29, 1.82) is 5.26 Å². The number of nitriles is 1. The van der Waals surface area contributed by atoms with Gasteiger partial charge in [-0.05, 0) is 75.3 Å². The summed E-state index contributed by atoms with van der Waals surface area (Å²) in [6.07, 6.45) is 5.11. The van der Waals surface area contributed by atoms with E-state index in [1.165, 1.54) is 0 Å². The standard InChI is InChI=1S/C42H41Cl2N7O6S/c1-42(13-14-42)58(54,55)49-39(53)23-11-16-51(20-23)35-10-9-25-30(35)17-32-38(31(25)18-45)57-40(47-32)29-8-4-6-27(37(29)44)26-5-3-7-28(36(26)43)33-19-46-34(41(48-33)56-2)22-50-15-12-24(52)21-50/h3-8,17,19,23-24,35,52H,9-16,20-22H2,1-2H3,(H,49,53)/t23-,24-,35-/m1/s1. The Labute approximate surface area is 346 Å². The summed E-state index contributed by atoms with van der Waals surface area (Å²) in [4.78, 5) is 31.7. The maximum Gasteiger partial charge on any atom is 0.240 e. The smallest absolute Gasteiger partial charge is 0.240 e. The van der Waals surface area contributed by atoms with E-state index in [4.69, 9.17) is 42.3 Å². The van der Waals surface area contributed by atoms with Crippen LogP contribution in [-0.4, -0.2) is 88.3 Å². The molecule has 0 radical (unpaired) electrons. The van der Waals surface area contributed by atoms with Crippen LogP contribution in [0.25, 0.3) is 44.9 Å². The number of amides is 1. The van der Waals surface area contributed by atoms with Crippen molar-refractivity contribution >= 4 is 50.2 Å². The fourth-order valence-corrected chi connectivity index (χ4v) is 10.6. The summed E-state index contributed by atoms with van der Waals surface area (Å²) in [7, 11) is -2.16. The summed E-state index contributed by atoms with van der Waals surface area (Å²) in [6.45, 7) is 4.57. The van der Waals surface area contributed by atoms with Gasteiger partial charge in [0, 0.05) is 48.9 Å². The van der Waals surface area contributed by atoms with E-state index >= 15 is 0 Å². The summed E-state index contributed by atoms with van der Waals surface area (Å²) in [5, 5.41) is 21.2. The van der Waals surface area contributed by atoms with Crippen LogP contribution < -0.4 is 9.46 Å². The molecule has 4 aliphatic rings. The van der Waals surface area contributed by atoms with E-state index in [0.717, 1.165) is 30.5 Å². The molecule has 0 unspecified atom stereocenters. The molecule has 16 heteroatoms. The van der Waals surface area contributed by atoms with Gasteiger partial charge in [-0.25, -0.2) is 18.4 Å². The van der Waals surface area contributed by atoms with Gasteiger partial charge in [-0.2, -0.15) is 5.26 Å². The molecule has 3 fully saturated rings. The van der Waals surface area contributed by atoms with Crippen molar-refractivity contribution in [2.24, 2.45) is 5.92 Å². The molecule has 0 bridgehead atoms. The first kappa shape index (κ1) is 38.9. The first-order valence-corrected chi connectivity index (χ1v) is 21.7. The zero-order valence-electron chi connectivity index (χ0n) is 32.0. The predicted octanol–water partition coefficient (Wildman–Crippen LogP) is 6.68. The molecule has 58 heavy (non-hydrogen) atoms. The molecule has 300 valence electrons. The second kappa shape index (κ2) is 14.9. The Morgan fingerprint density at radius 2 is 1.78 bits per heavy atom. The summed E-state index contributed by atoms with van der Waals surface area (Å²) >= 11 is 14.3. The third-order valence-electron chi connectivity index (χ3n) is 12.3. The van der Waals surface area contributed by atoms with Gasteiger partial charge >= 0.3 is 0 Å². The lowest BCUT2D eigenvalue weighted by Crippen LogP contribution is -2.42. The summed E-state index contributed by atoms with van der Waals surface area (Å²) in [5.74, 6) is -0.256. The Balaban J connectivity index is 0.986. The Hall–Kier alpha value is -4.62. The van der Waals surface area contributed by atoms with Crippen molar-refractivity contribution in [3.8, 4) is 45.8 Å². The van der Waals surface area contributed by atoms with Gasteiger partial charge in [0.05, 0.1) is 51.4 Å². The topological polar surface area (TPSA) is 175 Å². The zero-order chi connectivity index (χ0) is 40.5. The highest BCUT2D eigenvalue weighted by molar-refractivity contribution is 7.91. The van der Waals surface area contributed by atoms with Crippen LogP contribution >= 0.6 is 23.2 Å². The molecule has 9 rings (SSSR count). The molecule has 0 spiro atoms. The molecular formula is C42H41Cl2N7O6S. The highest BCUT2D eigenvalue weighted by Gasteiger charge is 2.51. The fraction of sp³-hybridized carbons (Fsp3) is 0.405. The lowest BCUT2D eigenvalue weighted by Gasteiger charge is -2.25. The number of hydrogen-bond donors (Lipinski definition) is 2. The summed E-state index contributed by atoms with van der Waals surface area (Å²) in [6, 6.07) is 15.4. The zero-order valence-corrected chi connectivity index (χ0v) is 34.3. The van der Waals surface area contributed by atoms with E-state index in [9.17, 15) is 23.6 Å². The number of benzene rings is 3. The number of nitrogens with zero attached hydrogens (tertiary/aromatic N) is 6. The minimum absolute atomic E-state index is 0.0525. The van der Waals surface area contributed by atoms with Crippen LogP contribution in [-0.2, 0) is 27.8 Å². The average molecular weight is 843 g/mol. The molecule has 4 heterocycles. The molecule has 2 N–H and O–H groups in total. The van der Waals surface area contributed by atoms with Gasteiger partial charge in [-0.1, -0.05) is 53.5 Å². The number of oxazole rings is 1. The van der Waals surface area contributed by atoms with Crippen molar-refractivity contribution in [2.75, 3.05) is 33.3 Å². The number of sulfonamides is 1.